The van der Waals surface area contributed by atoms with E-state index in [-0.39, 0.29) is 26.3 Å². The highest BCUT2D eigenvalue weighted by molar-refractivity contribution is 5.91. The summed E-state index contributed by atoms with van der Waals surface area (Å²) in [4.78, 5) is 46.2. The van der Waals surface area contributed by atoms with Crippen molar-refractivity contribution in [1.29, 1.82) is 0 Å². The van der Waals surface area contributed by atoms with Crippen LogP contribution in [0.15, 0.2) is 72.8 Å². The Balaban J connectivity index is 1.51. The number of rotatable bonds is 10. The smallest absolute Gasteiger partial charge is 0.412 e. The number of esters is 2. The molecule has 0 aliphatic carbocycles. The summed E-state index contributed by atoms with van der Waals surface area (Å²) in [5.74, 6) is -0.812. The maximum Gasteiger partial charge on any atom is 0.412 e. The topological polar surface area (TPSA) is 129 Å². The molecule has 0 saturated heterocycles. The van der Waals surface area contributed by atoms with Gasteiger partial charge in [0.25, 0.3) is 0 Å². The first-order valence-electron chi connectivity index (χ1n) is 9.56. The van der Waals surface area contributed by atoms with Gasteiger partial charge in [-0.25, -0.2) is 19.2 Å². The second kappa shape index (κ2) is 13.8. The Bertz CT molecular complexity index is 841. The highest BCUT2D eigenvalue weighted by Gasteiger charge is 2.06. The van der Waals surface area contributed by atoms with Crippen molar-refractivity contribution in [3.63, 3.8) is 0 Å². The third kappa shape index (κ3) is 10.4. The summed E-state index contributed by atoms with van der Waals surface area (Å²) in [5.41, 5.74) is 0. The fraction of sp³-hybridized carbons (Fsp3) is 0.182. The monoisotopic (exact) mass is 442 g/mol. The lowest BCUT2D eigenvalue weighted by Crippen LogP contribution is -2.30. The van der Waals surface area contributed by atoms with Gasteiger partial charge in [-0.05, 0) is 24.3 Å². The van der Waals surface area contributed by atoms with Crippen molar-refractivity contribution in [3.8, 4) is 11.5 Å². The predicted octanol–water partition coefficient (Wildman–Crippen LogP) is 2.21. The van der Waals surface area contributed by atoms with Crippen LogP contribution in [0.3, 0.4) is 0 Å². The van der Waals surface area contributed by atoms with Crippen molar-refractivity contribution in [2.24, 2.45) is 0 Å². The zero-order chi connectivity index (χ0) is 23.0. The molecule has 2 aromatic rings. The van der Waals surface area contributed by atoms with Gasteiger partial charge in [-0.1, -0.05) is 36.4 Å². The van der Waals surface area contributed by atoms with Gasteiger partial charge in [0.15, 0.2) is 0 Å². The summed E-state index contributed by atoms with van der Waals surface area (Å²) in [6.07, 6.45) is 0.406. The van der Waals surface area contributed by atoms with Crippen molar-refractivity contribution in [2.75, 3.05) is 26.3 Å². The minimum absolute atomic E-state index is 0.0282. The van der Waals surface area contributed by atoms with Crippen LogP contribution in [0, 0.1) is 0 Å². The summed E-state index contributed by atoms with van der Waals surface area (Å²) in [6, 6.07) is 16.9. The minimum Gasteiger partial charge on any atom is -0.461 e. The molecule has 0 atom stereocenters. The molecule has 0 bridgehead atoms. The SMILES string of the molecule is O=C(/C=C/C(=O)OCCNC(=O)Oc1ccccc1)OCCNC(=O)Oc1ccccc1. The second-order valence-electron chi connectivity index (χ2n) is 5.93. The third-order valence-corrected chi connectivity index (χ3v) is 3.49. The highest BCUT2D eigenvalue weighted by Crippen LogP contribution is 2.08. The lowest BCUT2D eigenvalue weighted by Gasteiger charge is -2.07. The van der Waals surface area contributed by atoms with E-state index in [1.165, 1.54) is 0 Å². The Labute approximate surface area is 184 Å². The Hall–Kier alpha value is -4.34. The maximum absolute atomic E-state index is 11.5. The van der Waals surface area contributed by atoms with Gasteiger partial charge in [0.1, 0.15) is 24.7 Å². The predicted molar refractivity (Wildman–Crippen MR) is 112 cm³/mol. The maximum atomic E-state index is 11.5. The zero-order valence-corrected chi connectivity index (χ0v) is 17.0. The number of para-hydroxylation sites is 2. The molecule has 168 valence electrons. The van der Waals surface area contributed by atoms with Crippen molar-refractivity contribution < 1.29 is 38.1 Å². The van der Waals surface area contributed by atoms with Gasteiger partial charge in [-0.3, -0.25) is 0 Å². The van der Waals surface area contributed by atoms with Crippen LogP contribution in [0.1, 0.15) is 0 Å². The number of benzene rings is 2. The molecule has 10 nitrogen and oxygen atoms in total. The molecule has 0 aromatic heterocycles. The van der Waals surface area contributed by atoms with E-state index < -0.39 is 24.1 Å². The van der Waals surface area contributed by atoms with E-state index in [1.807, 2.05) is 0 Å². The first kappa shape index (κ1) is 23.9. The van der Waals surface area contributed by atoms with E-state index in [2.05, 4.69) is 10.6 Å². The van der Waals surface area contributed by atoms with E-state index in [4.69, 9.17) is 18.9 Å². The van der Waals surface area contributed by atoms with Crippen LogP contribution in [-0.2, 0) is 19.1 Å². The van der Waals surface area contributed by atoms with Gasteiger partial charge in [0.05, 0.1) is 13.1 Å². The lowest BCUT2D eigenvalue weighted by molar-refractivity contribution is -0.140. The van der Waals surface area contributed by atoms with Gasteiger partial charge in [0, 0.05) is 12.2 Å². The largest absolute Gasteiger partial charge is 0.461 e. The van der Waals surface area contributed by atoms with Crippen molar-refractivity contribution >= 4 is 24.1 Å². The Morgan fingerprint density at radius 1 is 0.625 bits per heavy atom. The summed E-state index contributed by atoms with van der Waals surface area (Å²) >= 11 is 0. The number of amides is 2. The van der Waals surface area contributed by atoms with E-state index in [9.17, 15) is 19.2 Å². The summed E-state index contributed by atoms with van der Waals surface area (Å²) in [5, 5.41) is 4.82. The van der Waals surface area contributed by atoms with Crippen molar-refractivity contribution in [1.82, 2.24) is 10.6 Å². The molecule has 2 aromatic carbocycles. The number of carbonyl (C=O) groups is 4. The second-order valence-corrected chi connectivity index (χ2v) is 5.93. The fourth-order valence-electron chi connectivity index (χ4n) is 2.11. The van der Waals surface area contributed by atoms with Gasteiger partial charge in [0.2, 0.25) is 0 Å². The number of carbonyl (C=O) groups excluding carboxylic acids is 4. The average Bonchev–Trinajstić information content (AvgIpc) is 2.79. The normalized spacial score (nSPS) is 10.1. The fourth-order valence-corrected chi connectivity index (χ4v) is 2.11. The minimum atomic E-state index is -0.787. The molecule has 0 fully saturated rings. The van der Waals surface area contributed by atoms with E-state index in [1.54, 1.807) is 60.7 Å². The molecular formula is C22H22N2O8. The molecule has 2 amide bonds. The molecule has 0 aliphatic rings. The summed E-state index contributed by atoms with van der Waals surface area (Å²) in [6.45, 7) is -0.175. The van der Waals surface area contributed by atoms with Crippen LogP contribution < -0.4 is 20.1 Å². The van der Waals surface area contributed by atoms with Crippen molar-refractivity contribution in [3.05, 3.63) is 72.8 Å². The molecule has 0 aliphatic heterocycles. The van der Waals surface area contributed by atoms with Gasteiger partial charge in [-0.2, -0.15) is 0 Å². The molecule has 0 saturated carbocycles. The van der Waals surface area contributed by atoms with Crippen LogP contribution in [0.25, 0.3) is 0 Å². The van der Waals surface area contributed by atoms with Gasteiger partial charge < -0.3 is 29.6 Å². The average molecular weight is 442 g/mol. The van der Waals surface area contributed by atoms with Crippen LogP contribution >= 0.6 is 0 Å². The Kier molecular flexibility index (Phi) is 10.3. The van der Waals surface area contributed by atoms with Gasteiger partial charge in [-0.15, -0.1) is 0 Å². The Morgan fingerprint density at radius 3 is 1.38 bits per heavy atom. The van der Waals surface area contributed by atoms with E-state index in [0.29, 0.717) is 11.5 Å². The molecular weight excluding hydrogens is 420 g/mol. The lowest BCUT2D eigenvalue weighted by atomic mass is 10.3. The molecule has 0 radical (unpaired) electrons. The molecule has 0 heterocycles. The van der Waals surface area contributed by atoms with Crippen LogP contribution in [0.2, 0.25) is 0 Å². The summed E-state index contributed by atoms with van der Waals surface area (Å²) in [7, 11) is 0. The van der Waals surface area contributed by atoms with E-state index in [0.717, 1.165) is 12.2 Å². The number of nitrogens with one attached hydrogen (secondary N) is 2. The molecule has 32 heavy (non-hydrogen) atoms. The summed E-state index contributed by atoms with van der Waals surface area (Å²) < 4.78 is 19.6. The van der Waals surface area contributed by atoms with Crippen LogP contribution in [-0.4, -0.2) is 50.4 Å². The van der Waals surface area contributed by atoms with Crippen molar-refractivity contribution in [2.45, 2.75) is 0 Å². The first-order chi connectivity index (χ1) is 15.5. The molecule has 2 N–H and O–H groups in total. The molecule has 2 rings (SSSR count). The van der Waals surface area contributed by atoms with Gasteiger partial charge >= 0.3 is 24.1 Å². The van der Waals surface area contributed by atoms with E-state index >= 15 is 0 Å². The quantitative estimate of drug-likeness (QED) is 0.326. The zero-order valence-electron chi connectivity index (χ0n) is 17.0. The van der Waals surface area contributed by atoms with Crippen LogP contribution in [0.5, 0.6) is 11.5 Å². The molecule has 0 spiro atoms. The van der Waals surface area contributed by atoms with Crippen LogP contribution in [0.4, 0.5) is 9.59 Å². The molecule has 10 heteroatoms. The highest BCUT2D eigenvalue weighted by atomic mass is 16.6. The molecule has 0 unspecified atom stereocenters. The first-order valence-corrected chi connectivity index (χ1v) is 9.56. The third-order valence-electron chi connectivity index (χ3n) is 3.49. The Morgan fingerprint density at radius 2 is 1.00 bits per heavy atom. The number of hydrogen-bond donors (Lipinski definition) is 2. The number of ether oxygens (including phenoxy) is 4. The number of hydrogen-bond acceptors (Lipinski definition) is 8. The standard InChI is InChI=1S/C22H22N2O8/c25-19(29-15-13-23-21(27)31-17-7-3-1-4-8-17)11-12-20(26)30-16-14-24-22(28)32-18-9-5-2-6-10-18/h1-12H,13-16H2,(H,23,27)(H,24,28)/b12-11+.